The number of nitrogens with one attached hydrogen (secondary N) is 1. The first-order valence-electron chi connectivity index (χ1n) is 7.15. The van der Waals surface area contributed by atoms with Gasteiger partial charge in [-0.25, -0.2) is 0 Å². The molecule has 2 nitrogen and oxygen atoms in total. The van der Waals surface area contributed by atoms with Gasteiger partial charge in [0.1, 0.15) is 0 Å². The fourth-order valence-electron chi connectivity index (χ4n) is 1.85. The van der Waals surface area contributed by atoms with Crippen LogP contribution in [0, 0.1) is 5.92 Å². The Hall–Kier alpha value is -1.74. The van der Waals surface area contributed by atoms with Crippen molar-refractivity contribution in [3.05, 3.63) is 54.1 Å². The number of benzene rings is 2. The van der Waals surface area contributed by atoms with E-state index in [1.54, 1.807) is 6.92 Å². The van der Waals surface area contributed by atoms with Gasteiger partial charge in [-0.3, -0.25) is 4.79 Å². The van der Waals surface area contributed by atoms with E-state index in [0.29, 0.717) is 5.92 Å². The number of Topliss-reactive ketones (excluding diaryl/α,β-unsaturated/α-hetero) is 1. The fourth-order valence-corrected chi connectivity index (χ4v) is 2.71. The van der Waals surface area contributed by atoms with Crippen molar-refractivity contribution in [3.8, 4) is 0 Å². The Bertz CT molecular complexity index is 588. The summed E-state index contributed by atoms with van der Waals surface area (Å²) in [6.45, 7) is 6.04. The predicted octanol–water partition coefficient (Wildman–Crippen LogP) is 5.38. The lowest BCUT2D eigenvalue weighted by Crippen LogP contribution is -1.94. The highest BCUT2D eigenvalue weighted by atomic mass is 32.2. The van der Waals surface area contributed by atoms with Crippen molar-refractivity contribution in [1.29, 1.82) is 0 Å². The second kappa shape index (κ2) is 7.32. The number of ketones is 1. The van der Waals surface area contributed by atoms with E-state index in [1.165, 1.54) is 4.90 Å². The number of rotatable bonds is 6. The van der Waals surface area contributed by atoms with Crippen LogP contribution in [0.25, 0.3) is 0 Å². The summed E-state index contributed by atoms with van der Waals surface area (Å²) in [7, 11) is 0. The van der Waals surface area contributed by atoms with Gasteiger partial charge >= 0.3 is 0 Å². The van der Waals surface area contributed by atoms with Gasteiger partial charge in [0.2, 0.25) is 0 Å². The maximum absolute atomic E-state index is 11.2. The first-order valence-corrected chi connectivity index (χ1v) is 8.14. The third-order valence-corrected chi connectivity index (χ3v) is 4.46. The van der Waals surface area contributed by atoms with Crippen molar-refractivity contribution in [2.45, 2.75) is 25.7 Å². The third kappa shape index (κ3) is 4.94. The third-order valence-electron chi connectivity index (χ3n) is 3.02. The number of hydrogen-bond acceptors (Lipinski definition) is 3. The normalized spacial score (nSPS) is 10.7. The van der Waals surface area contributed by atoms with E-state index in [1.807, 2.05) is 36.0 Å². The second-order valence-corrected chi connectivity index (χ2v) is 6.58. The summed E-state index contributed by atoms with van der Waals surface area (Å²) >= 11 is 1.88. The molecule has 0 unspecified atom stereocenters. The van der Waals surface area contributed by atoms with Crippen LogP contribution in [0.15, 0.2) is 53.4 Å². The molecular formula is C18H21NOS. The van der Waals surface area contributed by atoms with Gasteiger partial charge in [0.25, 0.3) is 0 Å². The highest BCUT2D eigenvalue weighted by Crippen LogP contribution is 2.24. The molecule has 0 radical (unpaired) electrons. The lowest BCUT2D eigenvalue weighted by Gasteiger charge is -2.09. The van der Waals surface area contributed by atoms with Crippen molar-refractivity contribution < 1.29 is 4.79 Å². The quantitative estimate of drug-likeness (QED) is 0.573. The summed E-state index contributed by atoms with van der Waals surface area (Å²) in [5.41, 5.74) is 2.78. The van der Waals surface area contributed by atoms with E-state index in [9.17, 15) is 4.79 Å². The molecule has 0 saturated heterocycles. The van der Waals surface area contributed by atoms with Gasteiger partial charge in [0.05, 0.1) is 0 Å². The maximum Gasteiger partial charge on any atom is 0.159 e. The predicted molar refractivity (Wildman–Crippen MR) is 91.7 cm³/mol. The van der Waals surface area contributed by atoms with Crippen LogP contribution < -0.4 is 5.32 Å². The number of carbonyl (C=O) groups excluding carboxylic acids is 1. The Morgan fingerprint density at radius 2 is 1.52 bits per heavy atom. The number of anilines is 2. The molecule has 0 aromatic heterocycles. The van der Waals surface area contributed by atoms with Gasteiger partial charge in [-0.1, -0.05) is 13.8 Å². The maximum atomic E-state index is 11.2. The lowest BCUT2D eigenvalue weighted by atomic mass is 10.1. The molecule has 1 N–H and O–H groups in total. The molecule has 110 valence electrons. The molecule has 0 aliphatic rings. The molecule has 2 aromatic carbocycles. The summed E-state index contributed by atoms with van der Waals surface area (Å²) in [4.78, 5) is 12.5. The Kier molecular flexibility index (Phi) is 5.45. The zero-order valence-corrected chi connectivity index (χ0v) is 13.5. The summed E-state index contributed by atoms with van der Waals surface area (Å²) < 4.78 is 0. The van der Waals surface area contributed by atoms with Crippen LogP contribution in [-0.4, -0.2) is 11.5 Å². The average Bonchev–Trinajstić information content (AvgIpc) is 2.47. The van der Waals surface area contributed by atoms with Crippen LogP contribution in [0.5, 0.6) is 0 Å². The smallest absolute Gasteiger partial charge is 0.159 e. The van der Waals surface area contributed by atoms with Gasteiger partial charge in [0, 0.05) is 27.6 Å². The first kappa shape index (κ1) is 15.6. The zero-order valence-electron chi connectivity index (χ0n) is 12.7. The SMILES string of the molecule is CC(=O)c1ccc(Nc2ccc(SCC(C)C)cc2)cc1. The molecule has 0 amide bonds. The molecule has 0 spiro atoms. The lowest BCUT2D eigenvalue weighted by molar-refractivity contribution is 0.101. The minimum absolute atomic E-state index is 0.0908. The number of thioether (sulfide) groups is 1. The van der Waals surface area contributed by atoms with Crippen LogP contribution in [0.4, 0.5) is 11.4 Å². The highest BCUT2D eigenvalue weighted by molar-refractivity contribution is 7.99. The van der Waals surface area contributed by atoms with Crippen molar-refractivity contribution in [2.75, 3.05) is 11.1 Å². The van der Waals surface area contributed by atoms with Gasteiger partial charge in [0.15, 0.2) is 5.78 Å². The van der Waals surface area contributed by atoms with Gasteiger partial charge < -0.3 is 5.32 Å². The molecule has 0 saturated carbocycles. The van der Waals surface area contributed by atoms with Crippen molar-refractivity contribution in [1.82, 2.24) is 0 Å². The van der Waals surface area contributed by atoms with E-state index in [4.69, 9.17) is 0 Å². The summed E-state index contributed by atoms with van der Waals surface area (Å²) in [6, 6.07) is 16.0. The molecule has 2 aromatic rings. The molecule has 2 rings (SSSR count). The Morgan fingerprint density at radius 3 is 2.00 bits per heavy atom. The monoisotopic (exact) mass is 299 g/mol. The van der Waals surface area contributed by atoms with E-state index in [0.717, 1.165) is 22.7 Å². The van der Waals surface area contributed by atoms with Gasteiger partial charge in [-0.15, -0.1) is 11.8 Å². The van der Waals surface area contributed by atoms with Crippen molar-refractivity contribution in [2.24, 2.45) is 5.92 Å². The molecule has 0 atom stereocenters. The Labute approximate surface area is 131 Å². The molecule has 0 heterocycles. The second-order valence-electron chi connectivity index (χ2n) is 5.49. The summed E-state index contributed by atoms with van der Waals surface area (Å²) in [5, 5.41) is 3.34. The first-order chi connectivity index (χ1) is 10.0. The minimum atomic E-state index is 0.0908. The number of carbonyl (C=O) groups is 1. The van der Waals surface area contributed by atoms with Crippen molar-refractivity contribution >= 4 is 28.9 Å². The van der Waals surface area contributed by atoms with E-state index in [2.05, 4.69) is 43.4 Å². The topological polar surface area (TPSA) is 29.1 Å². The van der Waals surface area contributed by atoms with Crippen LogP contribution in [-0.2, 0) is 0 Å². The van der Waals surface area contributed by atoms with Crippen LogP contribution in [0.2, 0.25) is 0 Å². The fraction of sp³-hybridized carbons (Fsp3) is 0.278. The van der Waals surface area contributed by atoms with E-state index >= 15 is 0 Å². The standard InChI is InChI=1S/C18H21NOS/c1-13(2)12-21-18-10-8-17(9-11-18)19-16-6-4-15(5-7-16)14(3)20/h4-11,13,19H,12H2,1-3H3. The van der Waals surface area contributed by atoms with Crippen LogP contribution >= 0.6 is 11.8 Å². The summed E-state index contributed by atoms with van der Waals surface area (Å²) in [5.74, 6) is 1.93. The molecule has 21 heavy (non-hydrogen) atoms. The highest BCUT2D eigenvalue weighted by Gasteiger charge is 2.01. The zero-order chi connectivity index (χ0) is 15.2. The molecule has 0 bridgehead atoms. The molecule has 0 aliphatic carbocycles. The minimum Gasteiger partial charge on any atom is -0.356 e. The van der Waals surface area contributed by atoms with E-state index in [-0.39, 0.29) is 5.78 Å². The van der Waals surface area contributed by atoms with Crippen LogP contribution in [0.3, 0.4) is 0 Å². The molecule has 0 aliphatic heterocycles. The van der Waals surface area contributed by atoms with Crippen LogP contribution in [0.1, 0.15) is 31.1 Å². The summed E-state index contributed by atoms with van der Waals surface area (Å²) in [6.07, 6.45) is 0. The van der Waals surface area contributed by atoms with Gasteiger partial charge in [-0.2, -0.15) is 0 Å². The molecular weight excluding hydrogens is 278 g/mol. The number of hydrogen-bond donors (Lipinski definition) is 1. The molecule has 3 heteroatoms. The Morgan fingerprint density at radius 1 is 1.00 bits per heavy atom. The van der Waals surface area contributed by atoms with Gasteiger partial charge in [-0.05, 0) is 61.4 Å². The van der Waals surface area contributed by atoms with Crippen molar-refractivity contribution in [3.63, 3.8) is 0 Å². The molecule has 0 fully saturated rings. The average molecular weight is 299 g/mol. The van der Waals surface area contributed by atoms with E-state index < -0.39 is 0 Å². The largest absolute Gasteiger partial charge is 0.356 e. The Balaban J connectivity index is 1.98.